The monoisotopic (exact) mass is 386 g/mol. The number of nitrogens with zero attached hydrogens (tertiary/aromatic N) is 1. The van der Waals surface area contributed by atoms with Crippen LogP contribution in [0, 0.1) is 5.82 Å². The molecule has 0 radical (unpaired) electrons. The van der Waals surface area contributed by atoms with Crippen LogP contribution >= 0.6 is 11.6 Å². The van der Waals surface area contributed by atoms with Gasteiger partial charge >= 0.3 is 0 Å². The molecule has 1 aliphatic heterocycles. The molecule has 2 aliphatic rings. The molecule has 1 amide bonds. The molecule has 0 atom stereocenters. The Labute approximate surface area is 162 Å². The summed E-state index contributed by atoms with van der Waals surface area (Å²) in [4.78, 5) is 15.8. The Kier molecular flexibility index (Phi) is 4.64. The SMILES string of the molecule is NC(=O)COc1cc2c(cc1F)CCN=C2C1(c2ccc(Cl)cc2)CCC1. The largest absolute Gasteiger partial charge is 0.481 e. The van der Waals surface area contributed by atoms with Crippen LogP contribution in [0.2, 0.25) is 5.02 Å². The topological polar surface area (TPSA) is 64.7 Å². The Bertz CT molecular complexity index is 921. The lowest BCUT2D eigenvalue weighted by Gasteiger charge is -2.45. The van der Waals surface area contributed by atoms with Gasteiger partial charge in [0.1, 0.15) is 0 Å². The molecule has 0 saturated heterocycles. The van der Waals surface area contributed by atoms with Crippen LogP contribution in [-0.2, 0) is 16.6 Å². The Morgan fingerprint density at radius 3 is 2.63 bits per heavy atom. The van der Waals surface area contributed by atoms with Crippen molar-refractivity contribution in [1.29, 1.82) is 0 Å². The lowest BCUT2D eigenvalue weighted by atomic mass is 9.59. The first-order chi connectivity index (χ1) is 13.0. The van der Waals surface area contributed by atoms with E-state index in [1.54, 1.807) is 6.07 Å². The van der Waals surface area contributed by atoms with Crippen molar-refractivity contribution in [2.75, 3.05) is 13.2 Å². The van der Waals surface area contributed by atoms with Crippen molar-refractivity contribution in [3.63, 3.8) is 0 Å². The van der Waals surface area contributed by atoms with Crippen LogP contribution in [0.5, 0.6) is 5.75 Å². The summed E-state index contributed by atoms with van der Waals surface area (Å²) in [5, 5.41) is 0.698. The maximum absolute atomic E-state index is 14.4. The third-order valence-corrected chi connectivity index (χ3v) is 5.74. The molecule has 1 saturated carbocycles. The molecular formula is C21H20ClFN2O2. The second kappa shape index (κ2) is 6.97. The summed E-state index contributed by atoms with van der Waals surface area (Å²) in [6.07, 6.45) is 3.77. The van der Waals surface area contributed by atoms with Gasteiger partial charge in [0.25, 0.3) is 5.91 Å². The van der Waals surface area contributed by atoms with Crippen LogP contribution < -0.4 is 10.5 Å². The fraction of sp³-hybridized carbons (Fsp3) is 0.333. The lowest BCUT2D eigenvalue weighted by molar-refractivity contribution is -0.120. The first-order valence-corrected chi connectivity index (χ1v) is 9.42. The zero-order valence-electron chi connectivity index (χ0n) is 14.8. The predicted molar refractivity (Wildman–Crippen MR) is 103 cm³/mol. The van der Waals surface area contributed by atoms with Crippen LogP contribution in [0.3, 0.4) is 0 Å². The molecule has 4 rings (SSSR count). The number of fused-ring (bicyclic) bond motifs is 1. The second-order valence-corrected chi connectivity index (χ2v) is 7.55. The zero-order chi connectivity index (χ0) is 19.0. The van der Waals surface area contributed by atoms with Gasteiger partial charge in [-0.3, -0.25) is 9.79 Å². The number of hydrogen-bond donors (Lipinski definition) is 1. The summed E-state index contributed by atoms with van der Waals surface area (Å²) < 4.78 is 19.7. The summed E-state index contributed by atoms with van der Waals surface area (Å²) in [5.41, 5.74) is 8.91. The number of halogens is 2. The molecule has 6 heteroatoms. The Hall–Kier alpha value is -2.40. The molecule has 140 valence electrons. The minimum absolute atomic E-state index is 0.0349. The van der Waals surface area contributed by atoms with Crippen molar-refractivity contribution in [3.8, 4) is 5.75 Å². The number of benzene rings is 2. The number of hydrogen-bond acceptors (Lipinski definition) is 3. The average molecular weight is 387 g/mol. The number of carbonyl (C=O) groups is 1. The molecule has 2 aromatic rings. The number of aliphatic imine (C=N–C) groups is 1. The van der Waals surface area contributed by atoms with Crippen molar-refractivity contribution in [1.82, 2.24) is 0 Å². The van der Waals surface area contributed by atoms with Crippen LogP contribution in [0.1, 0.15) is 36.0 Å². The van der Waals surface area contributed by atoms with E-state index in [-0.39, 0.29) is 17.8 Å². The van der Waals surface area contributed by atoms with E-state index in [0.29, 0.717) is 18.0 Å². The van der Waals surface area contributed by atoms with Gasteiger partial charge in [0, 0.05) is 22.5 Å². The molecule has 1 aliphatic carbocycles. The lowest BCUT2D eigenvalue weighted by Crippen LogP contribution is -2.44. The molecule has 4 nitrogen and oxygen atoms in total. The van der Waals surface area contributed by atoms with Crippen LogP contribution in [0.15, 0.2) is 41.4 Å². The van der Waals surface area contributed by atoms with E-state index < -0.39 is 11.7 Å². The summed E-state index contributed by atoms with van der Waals surface area (Å²) in [7, 11) is 0. The maximum atomic E-state index is 14.4. The average Bonchev–Trinajstić information content (AvgIpc) is 2.60. The molecule has 1 fully saturated rings. The number of amides is 1. The molecule has 2 N–H and O–H groups in total. The molecule has 1 heterocycles. The number of carbonyl (C=O) groups excluding carboxylic acids is 1. The fourth-order valence-electron chi connectivity index (χ4n) is 4.03. The number of ether oxygens (including phenoxy) is 1. The number of primary amides is 1. The van der Waals surface area contributed by atoms with Gasteiger partial charge in [0.2, 0.25) is 0 Å². The van der Waals surface area contributed by atoms with E-state index in [9.17, 15) is 9.18 Å². The first kappa shape index (κ1) is 18.0. The van der Waals surface area contributed by atoms with Crippen LogP contribution in [0.25, 0.3) is 0 Å². The molecule has 27 heavy (non-hydrogen) atoms. The maximum Gasteiger partial charge on any atom is 0.255 e. The van der Waals surface area contributed by atoms with Crippen molar-refractivity contribution in [2.24, 2.45) is 10.7 Å². The third-order valence-electron chi connectivity index (χ3n) is 5.49. The first-order valence-electron chi connectivity index (χ1n) is 9.04. The highest BCUT2D eigenvalue weighted by molar-refractivity contribution is 6.30. The van der Waals surface area contributed by atoms with E-state index in [2.05, 4.69) is 0 Å². The van der Waals surface area contributed by atoms with Gasteiger partial charge in [-0.25, -0.2) is 4.39 Å². The van der Waals surface area contributed by atoms with Gasteiger partial charge in [-0.1, -0.05) is 30.2 Å². The Morgan fingerprint density at radius 1 is 1.26 bits per heavy atom. The normalized spacial score (nSPS) is 17.5. The number of nitrogens with two attached hydrogens (primary N) is 1. The fourth-order valence-corrected chi connectivity index (χ4v) is 4.15. The highest BCUT2D eigenvalue weighted by Gasteiger charge is 2.45. The Morgan fingerprint density at radius 2 is 2.00 bits per heavy atom. The molecule has 0 spiro atoms. The summed E-state index contributed by atoms with van der Waals surface area (Å²) in [6, 6.07) is 11.1. The smallest absolute Gasteiger partial charge is 0.255 e. The zero-order valence-corrected chi connectivity index (χ0v) is 15.6. The quantitative estimate of drug-likeness (QED) is 0.849. The highest BCUT2D eigenvalue weighted by Crippen LogP contribution is 2.48. The molecule has 0 aromatic heterocycles. The van der Waals surface area contributed by atoms with Gasteiger partial charge in [-0.05, 0) is 54.7 Å². The van der Waals surface area contributed by atoms with E-state index in [1.165, 1.54) is 11.6 Å². The minimum Gasteiger partial charge on any atom is -0.481 e. The minimum atomic E-state index is -0.641. The van der Waals surface area contributed by atoms with Crippen LogP contribution in [0.4, 0.5) is 4.39 Å². The molecule has 0 bridgehead atoms. The Balaban J connectivity index is 1.77. The van der Waals surface area contributed by atoms with E-state index in [0.717, 1.165) is 36.1 Å². The standard InChI is InChI=1S/C21H20ClFN2O2/c22-15-4-2-14(3-5-15)21(7-1-8-21)20-16-11-18(27-12-19(24)26)17(23)10-13(16)6-9-25-20/h2-5,10-11H,1,6-9,12H2,(H2,24,26). The van der Waals surface area contributed by atoms with E-state index in [4.69, 9.17) is 27.1 Å². The van der Waals surface area contributed by atoms with Crippen molar-refractivity contribution >= 4 is 23.2 Å². The molecule has 2 aromatic carbocycles. The summed E-state index contributed by atoms with van der Waals surface area (Å²) in [6.45, 7) is 0.281. The highest BCUT2D eigenvalue weighted by atomic mass is 35.5. The number of rotatable bonds is 5. The van der Waals surface area contributed by atoms with Gasteiger partial charge < -0.3 is 10.5 Å². The van der Waals surface area contributed by atoms with E-state index >= 15 is 0 Å². The van der Waals surface area contributed by atoms with Gasteiger partial charge in [0.05, 0.1) is 5.71 Å². The van der Waals surface area contributed by atoms with E-state index in [1.807, 2.05) is 24.3 Å². The van der Waals surface area contributed by atoms with Crippen molar-refractivity contribution in [3.05, 3.63) is 63.9 Å². The molecular weight excluding hydrogens is 367 g/mol. The third kappa shape index (κ3) is 3.21. The molecule has 0 unspecified atom stereocenters. The van der Waals surface area contributed by atoms with Gasteiger partial charge in [-0.15, -0.1) is 0 Å². The second-order valence-electron chi connectivity index (χ2n) is 7.12. The van der Waals surface area contributed by atoms with Gasteiger partial charge in [0.15, 0.2) is 18.2 Å². The summed E-state index contributed by atoms with van der Waals surface area (Å²) >= 11 is 6.06. The van der Waals surface area contributed by atoms with Crippen LogP contribution in [-0.4, -0.2) is 24.8 Å². The van der Waals surface area contributed by atoms with Crippen molar-refractivity contribution in [2.45, 2.75) is 31.1 Å². The predicted octanol–water partition coefficient (Wildman–Crippen LogP) is 3.81. The van der Waals surface area contributed by atoms with Gasteiger partial charge in [-0.2, -0.15) is 0 Å². The summed E-state index contributed by atoms with van der Waals surface area (Å²) in [5.74, 6) is -1.09. The van der Waals surface area contributed by atoms with Crippen molar-refractivity contribution < 1.29 is 13.9 Å².